The topological polar surface area (TPSA) is 69.7 Å². The third-order valence-electron chi connectivity index (χ3n) is 4.71. The number of nitrogens with one attached hydrogen (secondary N) is 1. The molecule has 32 heavy (non-hydrogen) atoms. The fourth-order valence-corrected chi connectivity index (χ4v) is 3.27. The number of ether oxygens (including phenoxy) is 3. The van der Waals surface area contributed by atoms with Crippen LogP contribution in [0.25, 0.3) is 11.1 Å². The zero-order chi connectivity index (χ0) is 23.3. The molecular formula is C23H21F3N2O4. The number of hydrogen-bond donors (Lipinski definition) is 1. The van der Waals surface area contributed by atoms with Gasteiger partial charge in [0.05, 0.1) is 33.3 Å². The van der Waals surface area contributed by atoms with Gasteiger partial charge in [-0.2, -0.15) is 13.2 Å². The molecule has 0 aliphatic heterocycles. The second kappa shape index (κ2) is 9.59. The van der Waals surface area contributed by atoms with E-state index >= 15 is 0 Å². The molecule has 168 valence electrons. The minimum Gasteiger partial charge on any atom is -0.493 e. The number of anilines is 1. The van der Waals surface area contributed by atoms with Crippen molar-refractivity contribution in [3.8, 4) is 28.4 Å². The fourth-order valence-electron chi connectivity index (χ4n) is 3.27. The van der Waals surface area contributed by atoms with Crippen molar-refractivity contribution in [3.05, 3.63) is 65.9 Å². The molecule has 1 amide bonds. The van der Waals surface area contributed by atoms with Gasteiger partial charge < -0.3 is 19.5 Å². The van der Waals surface area contributed by atoms with Crippen LogP contribution in [0.4, 0.5) is 19.0 Å². The number of benzene rings is 2. The minimum atomic E-state index is -4.48. The average molecular weight is 446 g/mol. The SMILES string of the molecule is COc1ccc(CC(=O)Nc2ccc(-c3ccccc3C(F)(F)F)cn2)c(OC)c1OC. The van der Waals surface area contributed by atoms with Crippen LogP contribution in [0, 0.1) is 0 Å². The van der Waals surface area contributed by atoms with Crippen LogP contribution in [0.5, 0.6) is 17.2 Å². The van der Waals surface area contributed by atoms with Gasteiger partial charge in [-0.05, 0) is 29.8 Å². The van der Waals surface area contributed by atoms with E-state index in [4.69, 9.17) is 14.2 Å². The lowest BCUT2D eigenvalue weighted by Crippen LogP contribution is -2.16. The Bertz CT molecular complexity index is 1100. The van der Waals surface area contributed by atoms with Gasteiger partial charge in [0, 0.05) is 17.3 Å². The Morgan fingerprint density at radius 3 is 2.25 bits per heavy atom. The zero-order valence-electron chi connectivity index (χ0n) is 17.6. The molecule has 0 radical (unpaired) electrons. The summed E-state index contributed by atoms with van der Waals surface area (Å²) >= 11 is 0. The molecule has 2 aromatic carbocycles. The van der Waals surface area contributed by atoms with Gasteiger partial charge in [-0.3, -0.25) is 4.79 Å². The highest BCUT2D eigenvalue weighted by Crippen LogP contribution is 2.40. The Hall–Kier alpha value is -3.75. The molecule has 9 heteroatoms. The largest absolute Gasteiger partial charge is 0.493 e. The summed E-state index contributed by atoms with van der Waals surface area (Å²) in [5.41, 5.74) is 0.121. The predicted molar refractivity (Wildman–Crippen MR) is 113 cm³/mol. The molecule has 6 nitrogen and oxygen atoms in total. The van der Waals surface area contributed by atoms with Crippen molar-refractivity contribution in [2.45, 2.75) is 12.6 Å². The van der Waals surface area contributed by atoms with Gasteiger partial charge in [-0.1, -0.05) is 24.3 Å². The predicted octanol–water partition coefficient (Wildman–Crippen LogP) is 4.97. The molecule has 0 saturated heterocycles. The van der Waals surface area contributed by atoms with Crippen LogP contribution in [0.3, 0.4) is 0 Å². The van der Waals surface area contributed by atoms with E-state index in [1.807, 2.05) is 0 Å². The van der Waals surface area contributed by atoms with E-state index in [9.17, 15) is 18.0 Å². The summed E-state index contributed by atoms with van der Waals surface area (Å²) in [6.07, 6.45) is -3.23. The Labute approximate surface area is 183 Å². The van der Waals surface area contributed by atoms with E-state index in [1.54, 1.807) is 12.1 Å². The first-order valence-corrected chi connectivity index (χ1v) is 9.48. The van der Waals surface area contributed by atoms with Gasteiger partial charge in [0.15, 0.2) is 11.5 Å². The number of rotatable bonds is 7. The van der Waals surface area contributed by atoms with E-state index < -0.39 is 11.7 Å². The molecule has 0 spiro atoms. The van der Waals surface area contributed by atoms with Crippen LogP contribution < -0.4 is 19.5 Å². The number of methoxy groups -OCH3 is 3. The molecule has 3 rings (SSSR count). The molecule has 0 aliphatic rings. The standard InChI is InChI=1S/C23H21F3N2O4/c1-30-18-10-8-14(21(31-2)22(18)32-3)12-20(29)28-19-11-9-15(13-27-19)16-6-4-5-7-17(16)23(24,25)26/h4-11,13H,12H2,1-3H3,(H,27,28,29). The number of amides is 1. The number of carbonyl (C=O) groups excluding carboxylic acids is 1. The van der Waals surface area contributed by atoms with Crippen LogP contribution in [0.1, 0.15) is 11.1 Å². The van der Waals surface area contributed by atoms with Crippen LogP contribution in [-0.4, -0.2) is 32.2 Å². The zero-order valence-corrected chi connectivity index (χ0v) is 17.6. The fraction of sp³-hybridized carbons (Fsp3) is 0.217. The maximum Gasteiger partial charge on any atom is 0.417 e. The highest BCUT2D eigenvalue weighted by molar-refractivity contribution is 5.92. The molecule has 0 fully saturated rings. The van der Waals surface area contributed by atoms with Crippen molar-refractivity contribution in [2.24, 2.45) is 0 Å². The van der Waals surface area contributed by atoms with Gasteiger partial charge in [0.25, 0.3) is 0 Å². The average Bonchev–Trinajstić information content (AvgIpc) is 2.78. The van der Waals surface area contributed by atoms with Crippen LogP contribution in [0.15, 0.2) is 54.7 Å². The smallest absolute Gasteiger partial charge is 0.417 e. The second-order valence-electron chi connectivity index (χ2n) is 6.69. The molecule has 0 saturated carbocycles. The number of aromatic nitrogens is 1. The van der Waals surface area contributed by atoms with Crippen molar-refractivity contribution in [1.29, 1.82) is 0 Å². The third-order valence-corrected chi connectivity index (χ3v) is 4.71. The van der Waals surface area contributed by atoms with Gasteiger partial charge in [-0.25, -0.2) is 4.98 Å². The highest BCUT2D eigenvalue weighted by atomic mass is 19.4. The summed E-state index contributed by atoms with van der Waals surface area (Å²) in [5.74, 6) is 1.03. The first-order chi connectivity index (χ1) is 15.3. The molecule has 0 atom stereocenters. The Morgan fingerprint density at radius 2 is 1.66 bits per heavy atom. The molecular weight excluding hydrogens is 425 g/mol. The summed E-state index contributed by atoms with van der Waals surface area (Å²) in [6, 6.07) is 11.5. The Kier molecular flexibility index (Phi) is 6.87. The summed E-state index contributed by atoms with van der Waals surface area (Å²) in [6.45, 7) is 0. The first-order valence-electron chi connectivity index (χ1n) is 9.48. The van der Waals surface area contributed by atoms with E-state index in [2.05, 4.69) is 10.3 Å². The first kappa shape index (κ1) is 22.9. The second-order valence-corrected chi connectivity index (χ2v) is 6.69. The van der Waals surface area contributed by atoms with Gasteiger partial charge in [-0.15, -0.1) is 0 Å². The number of hydrogen-bond acceptors (Lipinski definition) is 5. The molecule has 1 heterocycles. The summed E-state index contributed by atoms with van der Waals surface area (Å²) < 4.78 is 55.7. The minimum absolute atomic E-state index is 0.0143. The number of nitrogens with zero attached hydrogens (tertiary/aromatic N) is 1. The van der Waals surface area contributed by atoms with Gasteiger partial charge >= 0.3 is 6.18 Å². The number of carbonyl (C=O) groups is 1. The quantitative estimate of drug-likeness (QED) is 0.555. The summed E-state index contributed by atoms with van der Waals surface area (Å²) in [7, 11) is 4.41. The lowest BCUT2D eigenvalue weighted by atomic mass is 10.0. The van der Waals surface area contributed by atoms with E-state index in [1.165, 1.54) is 57.9 Å². The van der Waals surface area contributed by atoms with Crippen LogP contribution >= 0.6 is 0 Å². The molecule has 0 bridgehead atoms. The van der Waals surface area contributed by atoms with Crippen molar-refractivity contribution in [2.75, 3.05) is 26.6 Å². The Morgan fingerprint density at radius 1 is 0.938 bits per heavy atom. The summed E-state index contributed by atoms with van der Waals surface area (Å²) in [4.78, 5) is 16.6. The normalized spacial score (nSPS) is 11.1. The number of halogens is 3. The van der Waals surface area contributed by atoms with Crippen LogP contribution in [-0.2, 0) is 17.4 Å². The lowest BCUT2D eigenvalue weighted by Gasteiger charge is -2.15. The molecule has 1 N–H and O–H groups in total. The monoisotopic (exact) mass is 446 g/mol. The molecule has 1 aromatic heterocycles. The lowest BCUT2D eigenvalue weighted by molar-refractivity contribution is -0.137. The Balaban J connectivity index is 1.77. The third kappa shape index (κ3) is 4.93. The number of alkyl halides is 3. The highest BCUT2D eigenvalue weighted by Gasteiger charge is 2.33. The molecule has 0 aliphatic carbocycles. The van der Waals surface area contributed by atoms with Crippen molar-refractivity contribution < 1.29 is 32.2 Å². The van der Waals surface area contributed by atoms with Crippen molar-refractivity contribution >= 4 is 11.7 Å². The van der Waals surface area contributed by atoms with E-state index in [0.29, 0.717) is 22.8 Å². The van der Waals surface area contributed by atoms with Crippen LogP contribution in [0.2, 0.25) is 0 Å². The van der Waals surface area contributed by atoms with Crippen molar-refractivity contribution in [3.63, 3.8) is 0 Å². The summed E-state index contributed by atoms with van der Waals surface area (Å²) in [5, 5.41) is 2.63. The van der Waals surface area contributed by atoms with E-state index in [-0.39, 0.29) is 29.3 Å². The number of pyridine rings is 1. The molecule has 0 unspecified atom stereocenters. The van der Waals surface area contributed by atoms with Gasteiger partial charge in [0.1, 0.15) is 5.82 Å². The molecule has 3 aromatic rings. The maximum atomic E-state index is 13.3. The maximum absolute atomic E-state index is 13.3. The van der Waals surface area contributed by atoms with Gasteiger partial charge in [0.2, 0.25) is 11.7 Å². The van der Waals surface area contributed by atoms with E-state index in [0.717, 1.165) is 6.07 Å². The van der Waals surface area contributed by atoms with Crippen molar-refractivity contribution in [1.82, 2.24) is 4.98 Å².